The maximum Gasteiger partial charge on any atom is 0.270 e. The minimum Gasteiger partial charge on any atom is -0.497 e. The van der Waals surface area contributed by atoms with E-state index >= 15 is 0 Å². The van der Waals surface area contributed by atoms with E-state index in [-0.39, 0.29) is 22.9 Å². The first-order valence-electron chi connectivity index (χ1n) is 12.5. The van der Waals surface area contributed by atoms with Gasteiger partial charge in [-0.1, -0.05) is 19.1 Å². The third kappa shape index (κ3) is 5.60. The Morgan fingerprint density at radius 1 is 1.03 bits per heavy atom. The van der Waals surface area contributed by atoms with Crippen molar-refractivity contribution in [3.63, 3.8) is 0 Å². The predicted molar refractivity (Wildman–Crippen MR) is 140 cm³/mol. The van der Waals surface area contributed by atoms with Gasteiger partial charge in [0.15, 0.2) is 0 Å². The lowest BCUT2D eigenvalue weighted by Crippen LogP contribution is -2.44. The van der Waals surface area contributed by atoms with E-state index in [0.717, 1.165) is 19.3 Å². The Labute approximate surface area is 216 Å². The fourth-order valence-corrected chi connectivity index (χ4v) is 5.30. The second kappa shape index (κ2) is 11.0. The Kier molecular flexibility index (Phi) is 7.80. The lowest BCUT2D eigenvalue weighted by Gasteiger charge is -2.39. The Morgan fingerprint density at radius 2 is 1.73 bits per heavy atom. The summed E-state index contributed by atoms with van der Waals surface area (Å²) in [4.78, 5) is 41.0. The van der Waals surface area contributed by atoms with Gasteiger partial charge in [0.1, 0.15) is 11.5 Å². The van der Waals surface area contributed by atoms with Crippen molar-refractivity contribution in [2.45, 2.75) is 32.6 Å². The Morgan fingerprint density at radius 3 is 2.35 bits per heavy atom. The summed E-state index contributed by atoms with van der Waals surface area (Å²) >= 11 is 0. The topological polar surface area (TPSA) is 102 Å². The van der Waals surface area contributed by atoms with Crippen molar-refractivity contribution in [2.24, 2.45) is 5.41 Å². The normalized spacial score (nSPS) is 17.1. The minimum atomic E-state index is -0.434. The van der Waals surface area contributed by atoms with Gasteiger partial charge in [-0.25, -0.2) is 0 Å². The highest BCUT2D eigenvalue weighted by Crippen LogP contribution is 2.41. The van der Waals surface area contributed by atoms with Gasteiger partial charge in [0.25, 0.3) is 11.6 Å². The number of amides is 2. The van der Waals surface area contributed by atoms with Gasteiger partial charge in [0.05, 0.1) is 24.7 Å². The van der Waals surface area contributed by atoms with Crippen molar-refractivity contribution < 1.29 is 24.0 Å². The molecule has 9 heteroatoms. The number of carbonyl (C=O) groups is 2. The SMILES string of the molecule is CC/C(=C/c1cccc([N+](=O)[O-])c1)C(=O)N1CCC2(CCN(C(=O)c3cc(OC)ccc3OC)CC2)C1. The van der Waals surface area contributed by atoms with Crippen molar-refractivity contribution in [1.29, 1.82) is 0 Å². The minimum absolute atomic E-state index is 0.00431. The molecule has 2 fully saturated rings. The number of nitrogens with zero attached hydrogens (tertiary/aromatic N) is 3. The van der Waals surface area contributed by atoms with Crippen LogP contribution in [-0.2, 0) is 4.79 Å². The number of methoxy groups -OCH3 is 2. The number of carbonyl (C=O) groups excluding carboxylic acids is 2. The highest BCUT2D eigenvalue weighted by Gasteiger charge is 2.43. The summed E-state index contributed by atoms with van der Waals surface area (Å²) in [7, 11) is 3.11. The predicted octanol–water partition coefficient (Wildman–Crippen LogP) is 4.56. The molecule has 0 aliphatic carbocycles. The molecule has 0 unspecified atom stereocenters. The molecule has 1 spiro atoms. The molecule has 2 aliphatic rings. The number of piperidine rings is 1. The van der Waals surface area contributed by atoms with Gasteiger partial charge in [-0.05, 0) is 60.9 Å². The lowest BCUT2D eigenvalue weighted by molar-refractivity contribution is -0.384. The van der Waals surface area contributed by atoms with Crippen molar-refractivity contribution in [3.8, 4) is 11.5 Å². The summed E-state index contributed by atoms with van der Waals surface area (Å²) in [5.41, 5.74) is 1.77. The quantitative estimate of drug-likeness (QED) is 0.309. The Hall–Kier alpha value is -3.88. The molecular weight excluding hydrogens is 474 g/mol. The van der Waals surface area contributed by atoms with Gasteiger partial charge in [-0.15, -0.1) is 0 Å². The fourth-order valence-electron chi connectivity index (χ4n) is 5.30. The molecule has 2 heterocycles. The molecule has 2 aromatic carbocycles. The van der Waals surface area contributed by atoms with Crippen LogP contribution >= 0.6 is 0 Å². The lowest BCUT2D eigenvalue weighted by atomic mass is 9.77. The van der Waals surface area contributed by atoms with Crippen LogP contribution in [0.2, 0.25) is 0 Å². The molecule has 2 aromatic rings. The number of likely N-dealkylation sites (tertiary alicyclic amines) is 2. The zero-order chi connectivity index (χ0) is 26.6. The van der Waals surface area contributed by atoms with Crippen LogP contribution < -0.4 is 9.47 Å². The van der Waals surface area contributed by atoms with Gasteiger partial charge in [-0.2, -0.15) is 0 Å². The summed E-state index contributed by atoms with van der Waals surface area (Å²) in [5, 5.41) is 11.1. The van der Waals surface area contributed by atoms with E-state index in [0.29, 0.717) is 60.8 Å². The molecule has 0 aromatic heterocycles. The summed E-state index contributed by atoms with van der Waals surface area (Å²) < 4.78 is 10.7. The largest absolute Gasteiger partial charge is 0.497 e. The molecule has 2 aliphatic heterocycles. The first kappa shape index (κ1) is 26.2. The molecular formula is C28H33N3O6. The van der Waals surface area contributed by atoms with Crippen LogP contribution in [0.5, 0.6) is 11.5 Å². The number of ether oxygens (including phenoxy) is 2. The van der Waals surface area contributed by atoms with Crippen molar-refractivity contribution in [2.75, 3.05) is 40.4 Å². The van der Waals surface area contributed by atoms with E-state index in [1.54, 1.807) is 50.6 Å². The van der Waals surface area contributed by atoms with Crippen LogP contribution in [0, 0.1) is 15.5 Å². The maximum absolute atomic E-state index is 13.3. The van der Waals surface area contributed by atoms with Gasteiger partial charge in [-0.3, -0.25) is 19.7 Å². The molecule has 37 heavy (non-hydrogen) atoms. The second-order valence-corrected chi connectivity index (χ2v) is 9.71. The van der Waals surface area contributed by atoms with Crippen molar-refractivity contribution in [1.82, 2.24) is 9.80 Å². The number of rotatable bonds is 7. The molecule has 0 bridgehead atoms. The van der Waals surface area contributed by atoms with E-state index in [2.05, 4.69) is 0 Å². The molecule has 0 N–H and O–H groups in total. The monoisotopic (exact) mass is 507 g/mol. The zero-order valence-corrected chi connectivity index (χ0v) is 21.6. The van der Waals surface area contributed by atoms with Gasteiger partial charge < -0.3 is 19.3 Å². The van der Waals surface area contributed by atoms with Crippen LogP contribution in [0.25, 0.3) is 6.08 Å². The number of nitro benzene ring substituents is 1. The summed E-state index contributed by atoms with van der Waals surface area (Å²) in [6.45, 7) is 4.48. The van der Waals surface area contributed by atoms with E-state index in [1.165, 1.54) is 12.1 Å². The third-order valence-corrected chi connectivity index (χ3v) is 7.55. The highest BCUT2D eigenvalue weighted by atomic mass is 16.6. The average molecular weight is 508 g/mol. The molecule has 0 atom stereocenters. The van der Waals surface area contributed by atoms with Crippen molar-refractivity contribution in [3.05, 3.63) is 69.3 Å². The van der Waals surface area contributed by atoms with E-state index in [9.17, 15) is 19.7 Å². The Bertz CT molecular complexity index is 1220. The number of hydrogen-bond acceptors (Lipinski definition) is 6. The highest BCUT2D eigenvalue weighted by molar-refractivity contribution is 5.98. The molecule has 2 amide bonds. The van der Waals surface area contributed by atoms with E-state index in [4.69, 9.17) is 9.47 Å². The standard InChI is InChI=1S/C28H33N3O6/c1-4-21(16-20-6-5-7-22(17-20)31(34)35)26(32)30-15-12-28(19-30)10-13-29(14-11-28)27(33)24-18-23(36-2)8-9-25(24)37-3/h5-9,16-18H,4,10-15,19H2,1-3H3/b21-16-. The molecule has 4 rings (SSSR count). The molecule has 0 radical (unpaired) electrons. The summed E-state index contributed by atoms with van der Waals surface area (Å²) in [5.74, 6) is 1.02. The van der Waals surface area contributed by atoms with Crippen LogP contribution in [0.1, 0.15) is 48.5 Å². The van der Waals surface area contributed by atoms with Crippen LogP contribution in [0.15, 0.2) is 48.0 Å². The van der Waals surface area contributed by atoms with Gasteiger partial charge in [0, 0.05) is 43.9 Å². The van der Waals surface area contributed by atoms with E-state index in [1.807, 2.05) is 16.7 Å². The van der Waals surface area contributed by atoms with Gasteiger partial charge in [0.2, 0.25) is 5.91 Å². The fraction of sp³-hybridized carbons (Fsp3) is 0.429. The second-order valence-electron chi connectivity index (χ2n) is 9.71. The number of benzene rings is 2. The van der Waals surface area contributed by atoms with E-state index < -0.39 is 4.92 Å². The van der Waals surface area contributed by atoms with Crippen LogP contribution in [0.3, 0.4) is 0 Å². The molecule has 2 saturated heterocycles. The number of hydrogen-bond donors (Lipinski definition) is 0. The zero-order valence-electron chi connectivity index (χ0n) is 21.6. The summed E-state index contributed by atoms with van der Waals surface area (Å²) in [6.07, 6.45) is 4.84. The molecule has 0 saturated carbocycles. The third-order valence-electron chi connectivity index (χ3n) is 7.55. The smallest absolute Gasteiger partial charge is 0.270 e. The van der Waals surface area contributed by atoms with Gasteiger partial charge >= 0.3 is 0 Å². The molecule has 9 nitrogen and oxygen atoms in total. The summed E-state index contributed by atoms with van der Waals surface area (Å²) in [6, 6.07) is 11.5. The number of nitro groups is 1. The first-order valence-corrected chi connectivity index (χ1v) is 12.5. The first-order chi connectivity index (χ1) is 17.8. The van der Waals surface area contributed by atoms with Crippen LogP contribution in [-0.4, -0.2) is 66.9 Å². The number of non-ortho nitro benzene ring substituents is 1. The van der Waals surface area contributed by atoms with Crippen LogP contribution in [0.4, 0.5) is 5.69 Å². The van der Waals surface area contributed by atoms with Crippen molar-refractivity contribution >= 4 is 23.6 Å². The Balaban J connectivity index is 1.41. The average Bonchev–Trinajstić information content (AvgIpc) is 3.34. The maximum atomic E-state index is 13.3. The molecule has 196 valence electrons.